The summed E-state index contributed by atoms with van der Waals surface area (Å²) in [5.74, 6) is -1.34. The van der Waals surface area contributed by atoms with Gasteiger partial charge in [-0.2, -0.15) is 0 Å². The lowest BCUT2D eigenvalue weighted by molar-refractivity contribution is -0.126. The number of carbonyl (C=O) groups excluding carboxylic acids is 2. The van der Waals surface area contributed by atoms with E-state index in [0.717, 1.165) is 21.3 Å². The molecule has 0 saturated carbocycles. The molecule has 0 bridgehead atoms. The van der Waals surface area contributed by atoms with Gasteiger partial charge >= 0.3 is 0 Å². The first-order valence-corrected chi connectivity index (χ1v) is 11.0. The average molecular weight is 498 g/mol. The minimum absolute atomic E-state index is 0.288. The Labute approximate surface area is 193 Å². The van der Waals surface area contributed by atoms with E-state index in [-0.39, 0.29) is 11.8 Å². The molecule has 2 aliphatic heterocycles. The van der Waals surface area contributed by atoms with Crippen molar-refractivity contribution in [3.63, 3.8) is 0 Å². The van der Waals surface area contributed by atoms with E-state index in [1.54, 1.807) is 23.3 Å². The summed E-state index contributed by atoms with van der Waals surface area (Å²) >= 11 is 9.68. The first-order valence-electron chi connectivity index (χ1n) is 9.86. The van der Waals surface area contributed by atoms with E-state index >= 15 is 0 Å². The van der Waals surface area contributed by atoms with Gasteiger partial charge in [-0.3, -0.25) is 14.4 Å². The number of anilines is 2. The molecule has 2 heterocycles. The third-order valence-electron chi connectivity index (χ3n) is 5.73. The molecule has 156 valence electrons. The number of nitrogens with zero attached hydrogens (tertiary/aromatic N) is 2. The van der Waals surface area contributed by atoms with Crippen LogP contribution in [0.15, 0.2) is 77.3 Å². The zero-order valence-corrected chi connectivity index (χ0v) is 18.9. The number of hydroxylamine groups is 1. The third-order valence-corrected chi connectivity index (χ3v) is 6.46. The molecule has 0 unspecified atom stereocenters. The Morgan fingerprint density at radius 2 is 1.71 bits per heavy atom. The normalized spacial score (nSPS) is 22.9. The number of benzene rings is 3. The van der Waals surface area contributed by atoms with E-state index < -0.39 is 18.1 Å². The quantitative estimate of drug-likeness (QED) is 0.451. The molecular formula is C24H18BrClN2O3. The molecule has 31 heavy (non-hydrogen) atoms. The van der Waals surface area contributed by atoms with Gasteiger partial charge in [0.2, 0.25) is 5.91 Å². The van der Waals surface area contributed by atoms with Gasteiger partial charge in [-0.05, 0) is 54.4 Å². The van der Waals surface area contributed by atoms with Crippen LogP contribution >= 0.6 is 27.5 Å². The maximum atomic E-state index is 13.7. The van der Waals surface area contributed by atoms with Crippen LogP contribution in [0.2, 0.25) is 5.02 Å². The molecule has 5 nitrogen and oxygen atoms in total. The molecule has 0 radical (unpaired) electrons. The monoisotopic (exact) mass is 496 g/mol. The third kappa shape index (κ3) is 3.35. The summed E-state index contributed by atoms with van der Waals surface area (Å²) < 4.78 is 0.890. The lowest BCUT2D eigenvalue weighted by Gasteiger charge is -2.29. The molecule has 3 aromatic carbocycles. The van der Waals surface area contributed by atoms with Crippen molar-refractivity contribution in [1.29, 1.82) is 0 Å². The first-order chi connectivity index (χ1) is 15.0. The van der Waals surface area contributed by atoms with Crippen molar-refractivity contribution in [2.75, 3.05) is 9.96 Å². The smallest absolute Gasteiger partial charge is 0.266 e. The number of hydrogen-bond donors (Lipinski definition) is 0. The highest BCUT2D eigenvalue weighted by Gasteiger charge is 2.60. The lowest BCUT2D eigenvalue weighted by Crippen LogP contribution is -2.37. The van der Waals surface area contributed by atoms with Gasteiger partial charge in [-0.25, -0.2) is 9.96 Å². The Kier molecular flexibility index (Phi) is 5.08. The fraction of sp³-hybridized carbons (Fsp3) is 0.167. The maximum Gasteiger partial charge on any atom is 0.266 e. The fourth-order valence-electron chi connectivity index (χ4n) is 4.30. The highest BCUT2D eigenvalue weighted by molar-refractivity contribution is 9.10. The predicted octanol–water partition coefficient (Wildman–Crippen LogP) is 5.46. The zero-order valence-electron chi connectivity index (χ0n) is 16.5. The van der Waals surface area contributed by atoms with Crippen LogP contribution in [0.4, 0.5) is 11.4 Å². The van der Waals surface area contributed by atoms with Crippen LogP contribution in [0.25, 0.3) is 0 Å². The number of amides is 2. The summed E-state index contributed by atoms with van der Waals surface area (Å²) in [5.41, 5.74) is 2.97. The number of imide groups is 1. The lowest BCUT2D eigenvalue weighted by atomic mass is 9.90. The Hall–Kier alpha value is -2.67. The number of aryl methyl sites for hydroxylation is 1. The summed E-state index contributed by atoms with van der Waals surface area (Å²) in [4.78, 5) is 34.4. The van der Waals surface area contributed by atoms with Crippen molar-refractivity contribution in [2.45, 2.75) is 19.1 Å². The molecule has 0 N–H and O–H groups in total. The van der Waals surface area contributed by atoms with E-state index in [0.29, 0.717) is 10.7 Å². The molecule has 5 rings (SSSR count). The number of hydrogen-bond acceptors (Lipinski definition) is 4. The average Bonchev–Trinajstić information content (AvgIpc) is 3.27. The van der Waals surface area contributed by atoms with Gasteiger partial charge in [0.25, 0.3) is 5.91 Å². The minimum atomic E-state index is -0.907. The van der Waals surface area contributed by atoms with Crippen molar-refractivity contribution in [1.82, 2.24) is 0 Å². The van der Waals surface area contributed by atoms with Gasteiger partial charge in [-0.1, -0.05) is 63.9 Å². The van der Waals surface area contributed by atoms with E-state index in [9.17, 15) is 9.59 Å². The van der Waals surface area contributed by atoms with Crippen LogP contribution in [0.1, 0.15) is 17.2 Å². The molecular weight excluding hydrogens is 480 g/mol. The van der Waals surface area contributed by atoms with Crippen LogP contribution in [-0.2, 0) is 14.4 Å². The van der Waals surface area contributed by atoms with Gasteiger partial charge < -0.3 is 0 Å². The Bertz CT molecular complexity index is 1190. The molecule has 3 aromatic rings. The molecule has 2 saturated heterocycles. The molecule has 0 aromatic heterocycles. The molecule has 2 aliphatic rings. The number of halogens is 2. The summed E-state index contributed by atoms with van der Waals surface area (Å²) in [6.45, 7) is 1.85. The summed E-state index contributed by atoms with van der Waals surface area (Å²) in [7, 11) is 0. The van der Waals surface area contributed by atoms with Crippen molar-refractivity contribution in [3.05, 3.63) is 93.4 Å². The van der Waals surface area contributed by atoms with E-state index in [2.05, 4.69) is 15.9 Å². The van der Waals surface area contributed by atoms with Gasteiger partial charge in [0, 0.05) is 9.50 Å². The van der Waals surface area contributed by atoms with E-state index in [1.165, 1.54) is 4.90 Å². The maximum absolute atomic E-state index is 13.7. The summed E-state index contributed by atoms with van der Waals surface area (Å²) in [5, 5.41) is 2.16. The minimum Gasteiger partial charge on any atom is -0.273 e. The van der Waals surface area contributed by atoms with Gasteiger partial charge in [0.05, 0.1) is 17.4 Å². The SMILES string of the molecule is Cc1ccc(Cl)cc1N1C(=O)[C@H]2[C@H](ON(c3ccccc3)[C@H]2c2cccc(Br)c2)C1=O. The van der Waals surface area contributed by atoms with Crippen molar-refractivity contribution < 1.29 is 14.4 Å². The van der Waals surface area contributed by atoms with Crippen molar-refractivity contribution in [3.8, 4) is 0 Å². The highest BCUT2D eigenvalue weighted by Crippen LogP contribution is 2.48. The van der Waals surface area contributed by atoms with Crippen LogP contribution < -0.4 is 9.96 Å². The molecule has 2 fully saturated rings. The van der Waals surface area contributed by atoms with E-state index in [4.69, 9.17) is 16.4 Å². The van der Waals surface area contributed by atoms with Gasteiger partial charge in [-0.15, -0.1) is 0 Å². The zero-order chi connectivity index (χ0) is 21.7. The largest absolute Gasteiger partial charge is 0.273 e. The number of para-hydroxylation sites is 1. The van der Waals surface area contributed by atoms with Crippen LogP contribution in [0.3, 0.4) is 0 Å². The predicted molar refractivity (Wildman–Crippen MR) is 123 cm³/mol. The fourth-order valence-corrected chi connectivity index (χ4v) is 4.89. The topological polar surface area (TPSA) is 49.9 Å². The van der Waals surface area contributed by atoms with Gasteiger partial charge in [0.1, 0.15) is 5.92 Å². The molecule has 7 heteroatoms. The van der Waals surface area contributed by atoms with Gasteiger partial charge in [0.15, 0.2) is 6.10 Å². The molecule has 3 atom stereocenters. The molecule has 0 aliphatic carbocycles. The van der Waals surface area contributed by atoms with Crippen molar-refractivity contribution >= 4 is 50.7 Å². The molecule has 0 spiro atoms. The summed E-state index contributed by atoms with van der Waals surface area (Å²) in [6, 6.07) is 22.0. The van der Waals surface area contributed by atoms with Crippen LogP contribution in [0, 0.1) is 12.8 Å². The van der Waals surface area contributed by atoms with E-state index in [1.807, 2.05) is 61.5 Å². The molecule has 2 amide bonds. The second-order valence-corrected chi connectivity index (χ2v) is 9.01. The van der Waals surface area contributed by atoms with Crippen LogP contribution in [-0.4, -0.2) is 17.9 Å². The van der Waals surface area contributed by atoms with Crippen molar-refractivity contribution in [2.24, 2.45) is 5.92 Å². The highest BCUT2D eigenvalue weighted by atomic mass is 79.9. The number of rotatable bonds is 3. The second kappa shape index (κ2) is 7.79. The standard InChI is InChI=1S/C24H18BrClN2O3/c1-14-10-11-17(26)13-19(14)27-23(29)20-21(15-6-5-7-16(25)12-15)28(31-22(20)24(27)30)18-8-3-2-4-9-18/h2-13,20-22H,1H3/t20-,21+,22+/m1/s1. The van der Waals surface area contributed by atoms with Crippen LogP contribution in [0.5, 0.6) is 0 Å². The Morgan fingerprint density at radius 3 is 2.45 bits per heavy atom. The number of carbonyl (C=O) groups is 2. The summed E-state index contributed by atoms with van der Waals surface area (Å²) in [6.07, 6.45) is -0.907. The first kappa shape index (κ1) is 20.2. The second-order valence-electron chi connectivity index (χ2n) is 7.66. The Balaban J connectivity index is 1.61. The number of fused-ring (bicyclic) bond motifs is 1. The Morgan fingerprint density at radius 1 is 0.935 bits per heavy atom.